The van der Waals surface area contributed by atoms with Gasteiger partial charge in [0.05, 0.1) is 4.53 Å². The molecule has 2 atom stereocenters. The van der Waals surface area contributed by atoms with Gasteiger partial charge in [-0.05, 0) is 80.0 Å². The van der Waals surface area contributed by atoms with Crippen molar-refractivity contribution in [1.29, 1.82) is 0 Å². The Bertz CT molecular complexity index is 1960. The van der Waals surface area contributed by atoms with Crippen molar-refractivity contribution < 1.29 is 19.8 Å². The smallest absolute Gasteiger partial charge is 0.346 e. The quantitative estimate of drug-likeness (QED) is 0.295. The van der Waals surface area contributed by atoms with E-state index >= 15 is 0 Å². The molecule has 0 bridgehead atoms. The van der Waals surface area contributed by atoms with Gasteiger partial charge in [-0.1, -0.05) is 54.5 Å². The highest BCUT2D eigenvalue weighted by Crippen LogP contribution is 2.53. The van der Waals surface area contributed by atoms with Crippen LogP contribution in [0.4, 0.5) is 11.4 Å². The van der Waals surface area contributed by atoms with Gasteiger partial charge in [0.25, 0.3) is 5.56 Å². The van der Waals surface area contributed by atoms with E-state index in [1.807, 2.05) is 6.07 Å². The van der Waals surface area contributed by atoms with Crippen molar-refractivity contribution >= 4 is 63.1 Å². The molecule has 2 heterocycles. The summed E-state index contributed by atoms with van der Waals surface area (Å²) in [7, 11) is 0. The molecule has 42 heavy (non-hydrogen) atoms. The zero-order chi connectivity index (χ0) is 29.7. The highest BCUT2D eigenvalue weighted by Gasteiger charge is 2.42. The number of anilines is 2. The first kappa shape index (κ1) is 27.7. The van der Waals surface area contributed by atoms with Gasteiger partial charge in [-0.3, -0.25) is 9.36 Å². The molecule has 0 amide bonds. The highest BCUT2D eigenvalue weighted by molar-refractivity contribution is 7.07. The second kappa shape index (κ2) is 10.8. The lowest BCUT2D eigenvalue weighted by Crippen LogP contribution is -2.33. The number of hydrogen-bond acceptors (Lipinski definition) is 5. The molecule has 6 rings (SSSR count). The van der Waals surface area contributed by atoms with Crippen LogP contribution in [0.2, 0.25) is 0 Å². The standard InChI is InChI=1S/C34H32N2O5S/c1-4-35-31(37)29(42-32(35)30(33(38)39)34(40)41)18-20-14-15-28-25(17-20)24-11-7-13-27(24)36(28)26-12-6-9-22-21(16-19(2)3)8-5-10-23(22)26/h5-6,8-10,12,14-18,24,27H,4,7,11,13H2,1-3H3,(H,38,39)(H,40,41)/b29-18-. The SMILES string of the molecule is CCn1c(=C(C(=O)O)C(=O)O)s/c(=C\c2ccc3c(c2)C2CCCC2N3c2cccc3c(C=C(C)C)cccc23)c1=O. The van der Waals surface area contributed by atoms with E-state index in [1.54, 1.807) is 13.0 Å². The summed E-state index contributed by atoms with van der Waals surface area (Å²) in [6, 6.07) is 19.6. The van der Waals surface area contributed by atoms with Crippen LogP contribution in [-0.2, 0) is 16.1 Å². The molecule has 2 unspecified atom stereocenters. The van der Waals surface area contributed by atoms with Gasteiger partial charge in [0.2, 0.25) is 0 Å². The summed E-state index contributed by atoms with van der Waals surface area (Å²) in [6.45, 7) is 6.09. The van der Waals surface area contributed by atoms with Gasteiger partial charge in [-0.15, -0.1) is 11.3 Å². The molecule has 2 aliphatic rings. The molecule has 4 aromatic rings. The van der Waals surface area contributed by atoms with E-state index in [0.29, 0.717) is 16.5 Å². The first-order valence-electron chi connectivity index (χ1n) is 14.2. The predicted octanol–water partition coefficient (Wildman–Crippen LogP) is 5.44. The summed E-state index contributed by atoms with van der Waals surface area (Å²) < 4.78 is 1.48. The second-order valence-electron chi connectivity index (χ2n) is 11.2. The average molecular weight is 581 g/mol. The zero-order valence-corrected chi connectivity index (χ0v) is 24.6. The van der Waals surface area contributed by atoms with Gasteiger partial charge in [0.1, 0.15) is 4.66 Å². The Balaban J connectivity index is 1.50. The third-order valence-electron chi connectivity index (χ3n) is 8.32. The number of benzene rings is 3. The van der Waals surface area contributed by atoms with E-state index in [9.17, 15) is 24.6 Å². The number of nitrogens with zero attached hydrogens (tertiary/aromatic N) is 2. The van der Waals surface area contributed by atoms with Crippen molar-refractivity contribution in [2.75, 3.05) is 4.90 Å². The summed E-state index contributed by atoms with van der Waals surface area (Å²) in [5.74, 6) is -2.76. The summed E-state index contributed by atoms with van der Waals surface area (Å²) in [6.07, 6.45) is 7.31. The molecule has 1 aromatic heterocycles. The van der Waals surface area contributed by atoms with Crippen LogP contribution in [0.5, 0.6) is 0 Å². The van der Waals surface area contributed by atoms with Crippen LogP contribution in [0.15, 0.2) is 65.0 Å². The van der Waals surface area contributed by atoms with Crippen LogP contribution < -0.4 is 19.7 Å². The first-order chi connectivity index (χ1) is 20.2. The lowest BCUT2D eigenvalue weighted by Gasteiger charge is -2.28. The van der Waals surface area contributed by atoms with Crippen LogP contribution in [0.3, 0.4) is 0 Å². The van der Waals surface area contributed by atoms with Gasteiger partial charge in [-0.25, -0.2) is 9.59 Å². The molecule has 0 saturated heterocycles. The average Bonchev–Trinajstić information content (AvgIpc) is 3.61. The molecular formula is C34H32N2O5S. The van der Waals surface area contributed by atoms with Gasteiger partial charge in [0, 0.05) is 35.3 Å². The lowest BCUT2D eigenvalue weighted by molar-refractivity contribution is -0.136. The van der Waals surface area contributed by atoms with E-state index in [0.717, 1.165) is 36.2 Å². The Hall–Kier alpha value is -4.43. The molecule has 1 aliphatic carbocycles. The molecule has 3 aromatic carbocycles. The van der Waals surface area contributed by atoms with Crippen molar-refractivity contribution in [2.24, 2.45) is 0 Å². The zero-order valence-electron chi connectivity index (χ0n) is 23.8. The number of hydrogen-bond donors (Lipinski definition) is 2. The lowest BCUT2D eigenvalue weighted by atomic mass is 9.96. The molecule has 8 heteroatoms. The Kier molecular flexibility index (Phi) is 7.10. The fourth-order valence-corrected chi connectivity index (χ4v) is 7.86. The fraction of sp³-hybridized carbons (Fsp3) is 0.265. The van der Waals surface area contributed by atoms with E-state index < -0.39 is 17.5 Å². The van der Waals surface area contributed by atoms with Crippen LogP contribution >= 0.6 is 11.3 Å². The third kappa shape index (κ3) is 4.56. The molecule has 214 valence electrons. The summed E-state index contributed by atoms with van der Waals surface area (Å²) in [4.78, 5) is 39.0. The molecule has 1 fully saturated rings. The number of rotatable bonds is 6. The molecule has 1 saturated carbocycles. The largest absolute Gasteiger partial charge is 0.477 e. The molecule has 0 spiro atoms. The van der Waals surface area contributed by atoms with E-state index in [-0.39, 0.29) is 16.8 Å². The van der Waals surface area contributed by atoms with Crippen LogP contribution in [0.1, 0.15) is 62.6 Å². The van der Waals surface area contributed by atoms with Gasteiger partial charge in [0.15, 0.2) is 5.57 Å². The highest BCUT2D eigenvalue weighted by atomic mass is 32.1. The molecule has 7 nitrogen and oxygen atoms in total. The minimum Gasteiger partial charge on any atom is -0.477 e. The minimum atomic E-state index is -1.57. The van der Waals surface area contributed by atoms with Gasteiger partial charge < -0.3 is 15.1 Å². The van der Waals surface area contributed by atoms with Crippen molar-refractivity contribution in [3.05, 3.63) is 96.4 Å². The van der Waals surface area contributed by atoms with Gasteiger partial charge >= 0.3 is 11.9 Å². The summed E-state index contributed by atoms with van der Waals surface area (Å²) >= 11 is 0.908. The Morgan fingerprint density at radius 1 is 0.976 bits per heavy atom. The number of carbonyl (C=O) groups is 2. The number of carboxylic acids is 2. The summed E-state index contributed by atoms with van der Waals surface area (Å²) in [5.41, 5.74) is 5.74. The fourth-order valence-electron chi connectivity index (χ4n) is 6.66. The van der Waals surface area contributed by atoms with Crippen molar-refractivity contribution in [1.82, 2.24) is 4.57 Å². The van der Waals surface area contributed by atoms with Crippen molar-refractivity contribution in [2.45, 2.75) is 58.5 Å². The minimum absolute atomic E-state index is 0.0552. The number of allylic oxidation sites excluding steroid dienone is 1. The maximum atomic E-state index is 13.2. The number of aromatic nitrogens is 1. The van der Waals surface area contributed by atoms with E-state index in [2.05, 4.69) is 73.4 Å². The normalized spacial score (nSPS) is 17.8. The topological polar surface area (TPSA) is 99.8 Å². The van der Waals surface area contributed by atoms with Crippen LogP contribution in [-0.4, -0.2) is 32.8 Å². The van der Waals surface area contributed by atoms with E-state index in [4.69, 9.17) is 0 Å². The molecule has 0 radical (unpaired) electrons. The first-order valence-corrected chi connectivity index (χ1v) is 15.0. The maximum absolute atomic E-state index is 13.2. The van der Waals surface area contributed by atoms with Crippen molar-refractivity contribution in [3.8, 4) is 0 Å². The van der Waals surface area contributed by atoms with Crippen molar-refractivity contribution in [3.63, 3.8) is 0 Å². The third-order valence-corrected chi connectivity index (χ3v) is 9.45. The number of aliphatic carboxylic acids is 2. The Morgan fingerprint density at radius 2 is 1.71 bits per heavy atom. The monoisotopic (exact) mass is 580 g/mol. The maximum Gasteiger partial charge on any atom is 0.346 e. The Morgan fingerprint density at radius 3 is 2.43 bits per heavy atom. The summed E-state index contributed by atoms with van der Waals surface area (Å²) in [5, 5.41) is 21.4. The Labute approximate surface area is 247 Å². The number of thiazole rings is 1. The van der Waals surface area contributed by atoms with Gasteiger partial charge in [-0.2, -0.15) is 0 Å². The number of carboxylic acid groups (broad SMARTS) is 2. The number of fused-ring (bicyclic) bond motifs is 4. The molecule has 2 N–H and O–H groups in total. The van der Waals surface area contributed by atoms with E-state index in [1.165, 1.54) is 43.4 Å². The predicted molar refractivity (Wildman–Crippen MR) is 168 cm³/mol. The second-order valence-corrected chi connectivity index (χ2v) is 12.2. The van der Waals surface area contributed by atoms with Crippen LogP contribution in [0.25, 0.3) is 28.5 Å². The molecular weight excluding hydrogens is 548 g/mol. The van der Waals surface area contributed by atoms with Crippen LogP contribution in [0, 0.1) is 0 Å². The molecule has 1 aliphatic heterocycles.